The van der Waals surface area contributed by atoms with Crippen LogP contribution in [-0.2, 0) is 4.74 Å². The second kappa shape index (κ2) is 9.30. The fraction of sp³-hybridized carbons (Fsp3) is 0.222. The van der Waals surface area contributed by atoms with E-state index in [1.165, 1.54) is 6.07 Å². The van der Waals surface area contributed by atoms with Crippen molar-refractivity contribution >= 4 is 46.6 Å². The third-order valence-corrected chi connectivity index (χ3v) is 3.87. The number of unbranched alkanes of at least 4 members (excludes halogenated alkanes) is 1. The summed E-state index contributed by atoms with van der Waals surface area (Å²) in [6.07, 6.45) is 1.71. The molecule has 0 unspecified atom stereocenters. The monoisotopic (exact) mass is 380 g/mol. The normalized spacial score (nSPS) is 10.2. The number of hydrogen-bond donors (Lipinski definition) is 2. The maximum Gasteiger partial charge on any atom is 0.340 e. The Morgan fingerprint density at radius 2 is 1.76 bits per heavy atom. The number of benzene rings is 2. The van der Waals surface area contributed by atoms with Gasteiger partial charge in [0.05, 0.1) is 28.6 Å². The molecule has 0 spiro atoms. The van der Waals surface area contributed by atoms with Crippen LogP contribution in [0.25, 0.3) is 0 Å². The van der Waals surface area contributed by atoms with Crippen molar-refractivity contribution in [2.45, 2.75) is 19.8 Å². The van der Waals surface area contributed by atoms with Gasteiger partial charge in [0.2, 0.25) is 0 Å². The zero-order valence-corrected chi connectivity index (χ0v) is 15.2. The third kappa shape index (κ3) is 5.66. The van der Waals surface area contributed by atoms with E-state index in [1.54, 1.807) is 36.4 Å². The summed E-state index contributed by atoms with van der Waals surface area (Å²) in [5, 5.41) is 6.02. The predicted octanol–water partition coefficient (Wildman–Crippen LogP) is 5.59. The number of hydrogen-bond acceptors (Lipinski definition) is 3. The number of rotatable bonds is 6. The molecule has 2 N–H and O–H groups in total. The molecule has 0 aliphatic rings. The zero-order chi connectivity index (χ0) is 18.2. The van der Waals surface area contributed by atoms with Crippen molar-refractivity contribution < 1.29 is 14.3 Å². The van der Waals surface area contributed by atoms with Crippen molar-refractivity contribution in [2.24, 2.45) is 0 Å². The fourth-order valence-electron chi connectivity index (χ4n) is 2.03. The van der Waals surface area contributed by atoms with Crippen molar-refractivity contribution in [3.05, 3.63) is 58.1 Å². The quantitative estimate of drug-likeness (QED) is 0.506. The molecule has 5 nitrogen and oxygen atoms in total. The third-order valence-electron chi connectivity index (χ3n) is 3.30. The number of urea groups is 1. The highest BCUT2D eigenvalue weighted by Crippen LogP contribution is 2.26. The van der Waals surface area contributed by atoms with Gasteiger partial charge in [-0.1, -0.05) is 48.7 Å². The summed E-state index contributed by atoms with van der Waals surface area (Å²) in [4.78, 5) is 24.4. The Morgan fingerprint density at radius 1 is 1.04 bits per heavy atom. The minimum atomic E-state index is -0.544. The second-order valence-corrected chi connectivity index (χ2v) is 6.08. The van der Waals surface area contributed by atoms with Crippen LogP contribution >= 0.6 is 23.2 Å². The van der Waals surface area contributed by atoms with Gasteiger partial charge in [-0.25, -0.2) is 9.59 Å². The van der Waals surface area contributed by atoms with Gasteiger partial charge >= 0.3 is 12.0 Å². The number of amides is 2. The molecule has 0 atom stereocenters. The summed E-state index contributed by atoms with van der Waals surface area (Å²) < 4.78 is 5.19. The van der Waals surface area contributed by atoms with Crippen LogP contribution in [-0.4, -0.2) is 18.6 Å². The minimum absolute atomic E-state index is 0.283. The molecule has 2 aromatic rings. The molecule has 0 aliphatic heterocycles. The van der Waals surface area contributed by atoms with Gasteiger partial charge < -0.3 is 15.4 Å². The average Bonchev–Trinajstić information content (AvgIpc) is 2.58. The standard InChI is InChI=1S/C18H18Cl2N2O3/c1-2-3-10-25-17(23)13-6-4-5-7-15(13)21-18(24)22-16-11-12(19)8-9-14(16)20/h4-9,11H,2-3,10H2,1H3,(H2,21,22,24). The maximum absolute atomic E-state index is 12.2. The van der Waals surface area contributed by atoms with Gasteiger partial charge in [-0.2, -0.15) is 0 Å². The van der Waals surface area contributed by atoms with Crippen LogP contribution in [0.15, 0.2) is 42.5 Å². The van der Waals surface area contributed by atoms with E-state index in [0.717, 1.165) is 12.8 Å². The van der Waals surface area contributed by atoms with Gasteiger partial charge in [-0.15, -0.1) is 0 Å². The number of esters is 1. The van der Waals surface area contributed by atoms with E-state index >= 15 is 0 Å². The molecular weight excluding hydrogens is 363 g/mol. The smallest absolute Gasteiger partial charge is 0.340 e. The lowest BCUT2D eigenvalue weighted by molar-refractivity contribution is 0.0501. The Kier molecular flexibility index (Phi) is 7.10. The highest BCUT2D eigenvalue weighted by molar-refractivity contribution is 6.35. The summed E-state index contributed by atoms with van der Waals surface area (Å²) >= 11 is 11.9. The minimum Gasteiger partial charge on any atom is -0.462 e. The lowest BCUT2D eigenvalue weighted by atomic mass is 10.2. The van der Waals surface area contributed by atoms with Gasteiger partial charge in [-0.05, 0) is 36.8 Å². The molecule has 0 heterocycles. The molecule has 25 heavy (non-hydrogen) atoms. The molecule has 132 valence electrons. The Labute approximate surface area is 156 Å². The van der Waals surface area contributed by atoms with E-state index in [9.17, 15) is 9.59 Å². The van der Waals surface area contributed by atoms with E-state index in [-0.39, 0.29) is 5.56 Å². The van der Waals surface area contributed by atoms with Crippen molar-refractivity contribution in [2.75, 3.05) is 17.2 Å². The molecule has 0 saturated heterocycles. The Morgan fingerprint density at radius 3 is 2.52 bits per heavy atom. The van der Waals surface area contributed by atoms with Crippen LogP contribution in [0, 0.1) is 0 Å². The summed E-state index contributed by atoms with van der Waals surface area (Å²) in [5.74, 6) is -0.481. The van der Waals surface area contributed by atoms with Gasteiger partial charge in [0.15, 0.2) is 0 Å². The van der Waals surface area contributed by atoms with Crippen molar-refractivity contribution in [1.82, 2.24) is 0 Å². The summed E-state index contributed by atoms with van der Waals surface area (Å²) in [7, 11) is 0. The van der Waals surface area contributed by atoms with Crippen LogP contribution < -0.4 is 10.6 Å². The average molecular weight is 381 g/mol. The molecule has 2 rings (SSSR count). The first-order valence-electron chi connectivity index (χ1n) is 7.80. The van der Waals surface area contributed by atoms with Gasteiger partial charge in [0, 0.05) is 5.02 Å². The number of anilines is 2. The van der Waals surface area contributed by atoms with Crippen LogP contribution in [0.4, 0.5) is 16.2 Å². The van der Waals surface area contributed by atoms with E-state index in [2.05, 4.69) is 10.6 Å². The number of nitrogens with one attached hydrogen (secondary N) is 2. The summed E-state index contributed by atoms with van der Waals surface area (Å²) in [6, 6.07) is 10.8. The number of para-hydroxylation sites is 1. The summed E-state index contributed by atoms with van der Waals surface area (Å²) in [6.45, 7) is 2.35. The second-order valence-electron chi connectivity index (χ2n) is 5.24. The lowest BCUT2D eigenvalue weighted by Crippen LogP contribution is -2.21. The summed E-state index contributed by atoms with van der Waals surface area (Å²) in [5.41, 5.74) is 1.00. The van der Waals surface area contributed by atoms with Gasteiger partial charge in [0.25, 0.3) is 0 Å². The molecule has 0 saturated carbocycles. The maximum atomic E-state index is 12.2. The number of halogens is 2. The molecule has 2 amide bonds. The molecule has 0 aromatic heterocycles. The first kappa shape index (κ1) is 19.1. The number of carbonyl (C=O) groups excluding carboxylic acids is 2. The zero-order valence-electron chi connectivity index (χ0n) is 13.6. The number of ether oxygens (including phenoxy) is 1. The molecule has 0 fully saturated rings. The Balaban J connectivity index is 2.08. The molecule has 0 aliphatic carbocycles. The van der Waals surface area contributed by atoms with E-state index < -0.39 is 12.0 Å². The van der Waals surface area contributed by atoms with Crippen molar-refractivity contribution in [3.63, 3.8) is 0 Å². The van der Waals surface area contributed by atoms with Crippen LogP contribution in [0.1, 0.15) is 30.1 Å². The Bertz CT molecular complexity index is 766. The molecular formula is C18H18Cl2N2O3. The van der Waals surface area contributed by atoms with Gasteiger partial charge in [-0.3, -0.25) is 0 Å². The van der Waals surface area contributed by atoms with E-state index in [4.69, 9.17) is 27.9 Å². The topological polar surface area (TPSA) is 67.4 Å². The molecule has 7 heteroatoms. The first-order chi connectivity index (χ1) is 12.0. The molecule has 0 radical (unpaired) electrons. The van der Waals surface area contributed by atoms with Crippen LogP contribution in [0.5, 0.6) is 0 Å². The first-order valence-corrected chi connectivity index (χ1v) is 8.56. The highest BCUT2D eigenvalue weighted by atomic mass is 35.5. The van der Waals surface area contributed by atoms with Crippen LogP contribution in [0.3, 0.4) is 0 Å². The largest absolute Gasteiger partial charge is 0.462 e. The number of carbonyl (C=O) groups is 2. The van der Waals surface area contributed by atoms with Crippen molar-refractivity contribution in [3.8, 4) is 0 Å². The molecule has 0 bridgehead atoms. The predicted molar refractivity (Wildman–Crippen MR) is 101 cm³/mol. The fourth-order valence-corrected chi connectivity index (χ4v) is 2.36. The van der Waals surface area contributed by atoms with E-state index in [1.807, 2.05) is 6.92 Å². The lowest BCUT2D eigenvalue weighted by Gasteiger charge is -2.12. The van der Waals surface area contributed by atoms with Crippen molar-refractivity contribution in [1.29, 1.82) is 0 Å². The van der Waals surface area contributed by atoms with Crippen LogP contribution in [0.2, 0.25) is 10.0 Å². The Hall–Kier alpha value is -2.24. The highest BCUT2D eigenvalue weighted by Gasteiger charge is 2.15. The van der Waals surface area contributed by atoms with Gasteiger partial charge in [0.1, 0.15) is 0 Å². The SMILES string of the molecule is CCCCOC(=O)c1ccccc1NC(=O)Nc1cc(Cl)ccc1Cl. The van der Waals surface area contributed by atoms with E-state index in [0.29, 0.717) is 28.0 Å². The molecule has 2 aromatic carbocycles.